The summed E-state index contributed by atoms with van der Waals surface area (Å²) in [6, 6.07) is -1.01. The summed E-state index contributed by atoms with van der Waals surface area (Å²) in [6.45, 7) is 1.44. The Morgan fingerprint density at radius 3 is 1.40 bits per heavy atom. The first-order valence-electron chi connectivity index (χ1n) is 29.1. The van der Waals surface area contributed by atoms with Gasteiger partial charge in [-0.1, -0.05) is 155 Å². The third kappa shape index (κ3) is 26.8. The molecule has 3 aliphatic heterocycles. The van der Waals surface area contributed by atoms with E-state index in [1.54, 1.807) is 12.2 Å². The molecule has 12 N–H and O–H groups in total. The summed E-state index contributed by atoms with van der Waals surface area (Å²) in [6.07, 6.45) is 28.3. The molecule has 19 heteroatoms. The van der Waals surface area contributed by atoms with Crippen LogP contribution in [-0.4, -0.2) is 193 Å². The molecule has 0 aliphatic carbocycles. The average molecular weight is 1130 g/mol. The molecule has 1 amide bonds. The fraction of sp³-hybridized carbons (Fsp3) is 0.689. The van der Waals surface area contributed by atoms with Crippen LogP contribution in [0.1, 0.15) is 136 Å². The average Bonchev–Trinajstić information content (AvgIpc) is 3.55. The van der Waals surface area contributed by atoms with Crippen LogP contribution in [0.15, 0.2) is 109 Å². The van der Waals surface area contributed by atoms with Crippen molar-refractivity contribution in [1.82, 2.24) is 5.32 Å². The lowest BCUT2D eigenvalue weighted by Crippen LogP contribution is -2.66. The quantitative estimate of drug-likeness (QED) is 0.0291. The summed E-state index contributed by atoms with van der Waals surface area (Å²) >= 11 is 0. The van der Waals surface area contributed by atoms with Gasteiger partial charge in [0.05, 0.1) is 38.6 Å². The molecular weight excluding hydrogens is 1030 g/mol. The highest BCUT2D eigenvalue weighted by Crippen LogP contribution is 2.33. The zero-order valence-corrected chi connectivity index (χ0v) is 47.2. The van der Waals surface area contributed by atoms with Crippen LogP contribution >= 0.6 is 0 Å². The van der Waals surface area contributed by atoms with Gasteiger partial charge in [0, 0.05) is 6.42 Å². The predicted octanol–water partition coefficient (Wildman–Crippen LogP) is 4.75. The van der Waals surface area contributed by atoms with Crippen LogP contribution in [0.25, 0.3) is 0 Å². The Hall–Kier alpha value is -3.55. The number of ether oxygens (including phenoxy) is 6. The summed E-state index contributed by atoms with van der Waals surface area (Å²) in [4.78, 5) is 13.3. The normalized spacial score (nSPS) is 30.8. The molecule has 0 saturated carbocycles. The molecule has 3 saturated heterocycles. The van der Waals surface area contributed by atoms with Crippen molar-refractivity contribution in [2.45, 2.75) is 240 Å². The van der Waals surface area contributed by atoms with E-state index in [1.165, 1.54) is 0 Å². The van der Waals surface area contributed by atoms with Gasteiger partial charge in [0.2, 0.25) is 5.91 Å². The smallest absolute Gasteiger partial charge is 0.220 e. The largest absolute Gasteiger partial charge is 0.394 e. The maximum atomic E-state index is 13.3. The Morgan fingerprint density at radius 2 is 0.875 bits per heavy atom. The van der Waals surface area contributed by atoms with Gasteiger partial charge < -0.3 is 89.9 Å². The van der Waals surface area contributed by atoms with E-state index in [9.17, 15) is 61.0 Å². The summed E-state index contributed by atoms with van der Waals surface area (Å²) in [5.41, 5.74) is 0. The number of hydrogen-bond acceptors (Lipinski definition) is 18. The SMILES string of the molecule is CC/C=C\C/C=C\C/C=C\C/C=C\C/C=C\C/C=C\C/C=C\CCCCCCCC(=O)NC(COC1OC(CO)C(OC2OC(CO)C(OC3OC(CO)C(O)C(O)C3O)C(O)C2O)C(O)C1O)C(O)/C=C/CC/C=C/CCCC. The molecule has 80 heavy (non-hydrogen) atoms. The summed E-state index contributed by atoms with van der Waals surface area (Å²) in [5.74, 6) is -0.315. The van der Waals surface area contributed by atoms with E-state index in [0.29, 0.717) is 12.8 Å². The van der Waals surface area contributed by atoms with Crippen molar-refractivity contribution >= 4 is 5.91 Å². The Bertz CT molecular complexity index is 1880. The molecule has 0 bridgehead atoms. The van der Waals surface area contributed by atoms with Gasteiger partial charge in [-0.2, -0.15) is 0 Å². The number of allylic oxidation sites excluding steroid dienone is 17. The van der Waals surface area contributed by atoms with Crippen LogP contribution in [0, 0.1) is 0 Å². The van der Waals surface area contributed by atoms with Crippen molar-refractivity contribution in [2.75, 3.05) is 26.4 Å². The standard InChI is InChI=1S/C61H99NO18/c1-3-5-7-9-11-13-14-15-16-17-18-19-20-21-22-23-24-25-26-27-28-29-30-31-33-35-37-39-49(67)62-44(45(66)38-36-34-32-12-10-8-6-4-2)43-75-59-55(73)52(70)57(47(41-64)77-59)80-61-56(74)53(71)58(48(42-65)78-61)79-60-54(72)51(69)50(68)46(40-63)76-60/h5,7,10-13,15-16,18-19,21-22,24-25,27-28,36,38,44-48,50-61,63-66,68-74H,3-4,6,8-9,14,17,20,23,26,29-35,37,39-43H2,1-2H3,(H,62,67)/b7-5-,12-10+,13-11-,16-15-,19-18-,22-21-,25-24-,28-27-,38-36+. The summed E-state index contributed by atoms with van der Waals surface area (Å²) in [5, 5.41) is 120. The van der Waals surface area contributed by atoms with Gasteiger partial charge in [-0.05, 0) is 83.5 Å². The third-order valence-corrected chi connectivity index (χ3v) is 13.8. The van der Waals surface area contributed by atoms with Gasteiger partial charge in [0.15, 0.2) is 18.9 Å². The molecule has 3 rings (SSSR count). The lowest BCUT2D eigenvalue weighted by atomic mass is 9.96. The first-order chi connectivity index (χ1) is 38.8. The lowest BCUT2D eigenvalue weighted by Gasteiger charge is -2.48. The van der Waals surface area contributed by atoms with Crippen molar-refractivity contribution in [3.8, 4) is 0 Å². The molecule has 19 nitrogen and oxygen atoms in total. The van der Waals surface area contributed by atoms with Gasteiger partial charge in [0.25, 0.3) is 0 Å². The van der Waals surface area contributed by atoms with E-state index in [0.717, 1.165) is 103 Å². The predicted molar refractivity (Wildman–Crippen MR) is 304 cm³/mol. The Labute approximate surface area is 475 Å². The minimum atomic E-state index is -1.99. The van der Waals surface area contributed by atoms with Crippen molar-refractivity contribution in [3.05, 3.63) is 109 Å². The van der Waals surface area contributed by atoms with Gasteiger partial charge in [0.1, 0.15) is 73.2 Å². The zero-order chi connectivity index (χ0) is 58.3. The molecule has 17 unspecified atom stereocenters. The number of hydrogen-bond donors (Lipinski definition) is 12. The molecular formula is C61H99NO18. The van der Waals surface area contributed by atoms with Crippen LogP contribution in [-0.2, 0) is 33.2 Å². The van der Waals surface area contributed by atoms with Gasteiger partial charge in [-0.15, -0.1) is 0 Å². The van der Waals surface area contributed by atoms with E-state index in [-0.39, 0.29) is 18.9 Å². The monoisotopic (exact) mass is 1130 g/mol. The summed E-state index contributed by atoms with van der Waals surface area (Å²) < 4.78 is 34.1. The van der Waals surface area contributed by atoms with Gasteiger partial charge in [-0.25, -0.2) is 0 Å². The van der Waals surface area contributed by atoms with Crippen LogP contribution < -0.4 is 5.32 Å². The maximum absolute atomic E-state index is 13.3. The number of carbonyl (C=O) groups is 1. The molecule has 0 aromatic carbocycles. The molecule has 0 aromatic rings. The van der Waals surface area contributed by atoms with Gasteiger partial charge >= 0.3 is 0 Å². The fourth-order valence-corrected chi connectivity index (χ4v) is 8.99. The van der Waals surface area contributed by atoms with Crippen LogP contribution in [0.3, 0.4) is 0 Å². The minimum absolute atomic E-state index is 0.204. The van der Waals surface area contributed by atoms with E-state index in [4.69, 9.17) is 28.4 Å². The highest BCUT2D eigenvalue weighted by atomic mass is 16.8. The highest BCUT2D eigenvalue weighted by molar-refractivity contribution is 5.76. The fourth-order valence-electron chi connectivity index (χ4n) is 8.99. The topological polar surface area (TPSA) is 307 Å². The second-order valence-corrected chi connectivity index (χ2v) is 20.4. The van der Waals surface area contributed by atoms with E-state index in [1.807, 2.05) is 0 Å². The van der Waals surface area contributed by atoms with Crippen LogP contribution in [0.2, 0.25) is 0 Å². The number of carbonyl (C=O) groups excluding carboxylic acids is 1. The number of unbranched alkanes of at least 4 members (excludes halogenated alkanes) is 8. The Kier molecular flexibility index (Phi) is 38.1. The zero-order valence-electron chi connectivity index (χ0n) is 47.2. The molecule has 3 heterocycles. The molecule has 3 fully saturated rings. The molecule has 3 aliphatic rings. The van der Waals surface area contributed by atoms with E-state index in [2.05, 4.69) is 116 Å². The van der Waals surface area contributed by atoms with Crippen LogP contribution in [0.5, 0.6) is 0 Å². The first kappa shape index (κ1) is 70.7. The maximum Gasteiger partial charge on any atom is 0.220 e. The van der Waals surface area contributed by atoms with E-state index >= 15 is 0 Å². The Morgan fingerprint density at radius 1 is 0.463 bits per heavy atom. The molecule has 0 radical (unpaired) electrons. The molecule has 0 spiro atoms. The number of aliphatic hydroxyl groups is 11. The van der Waals surface area contributed by atoms with Crippen molar-refractivity contribution in [3.63, 3.8) is 0 Å². The van der Waals surface area contributed by atoms with Crippen LogP contribution in [0.4, 0.5) is 0 Å². The van der Waals surface area contributed by atoms with Gasteiger partial charge in [-0.3, -0.25) is 4.79 Å². The van der Waals surface area contributed by atoms with E-state index < -0.39 is 124 Å². The summed E-state index contributed by atoms with van der Waals surface area (Å²) in [7, 11) is 0. The number of rotatable bonds is 40. The van der Waals surface area contributed by atoms with Crippen molar-refractivity contribution in [1.29, 1.82) is 0 Å². The second kappa shape index (κ2) is 43.1. The lowest BCUT2D eigenvalue weighted by molar-refractivity contribution is -0.379. The molecule has 17 atom stereocenters. The highest BCUT2D eigenvalue weighted by Gasteiger charge is 2.53. The van der Waals surface area contributed by atoms with Crippen molar-refractivity contribution in [2.24, 2.45) is 0 Å². The Balaban J connectivity index is 1.44. The number of nitrogens with one attached hydrogen (secondary N) is 1. The molecule has 456 valence electrons. The van der Waals surface area contributed by atoms with Crippen molar-refractivity contribution < 1.29 is 89.4 Å². The third-order valence-electron chi connectivity index (χ3n) is 13.8. The minimum Gasteiger partial charge on any atom is -0.394 e. The first-order valence-corrected chi connectivity index (χ1v) is 29.1. The number of aliphatic hydroxyl groups excluding tert-OH is 11. The molecule has 0 aromatic heterocycles. The second-order valence-electron chi connectivity index (χ2n) is 20.4. The number of amides is 1.